The number of aryl methyl sites for hydroxylation is 1. The number of hydrogen-bond donors (Lipinski definition) is 1. The average Bonchev–Trinajstić information content (AvgIpc) is 2.81. The monoisotopic (exact) mass is 252 g/mol. The van der Waals surface area contributed by atoms with Gasteiger partial charge in [0.25, 0.3) is 5.89 Å². The van der Waals surface area contributed by atoms with Crippen LogP contribution in [0, 0.1) is 5.41 Å². The Morgan fingerprint density at radius 2 is 2.12 bits per heavy atom. The number of nitrogen functional groups attached to an aromatic ring is 1. The van der Waals surface area contributed by atoms with Crippen LogP contribution < -0.4 is 5.73 Å². The average molecular weight is 252 g/mol. The van der Waals surface area contributed by atoms with Gasteiger partial charge in [-0.2, -0.15) is 4.98 Å². The van der Waals surface area contributed by atoms with E-state index < -0.39 is 0 Å². The standard InChI is InChI=1S/C11H16N4OS/c1-11(2,3)5-4-8-14-9(16-15-8)7-6-17-10(12)13-7/h6H,4-5H2,1-3H3,(H2,12,13). The zero-order valence-corrected chi connectivity index (χ0v) is 11.0. The summed E-state index contributed by atoms with van der Waals surface area (Å²) < 4.78 is 5.16. The van der Waals surface area contributed by atoms with E-state index >= 15 is 0 Å². The maximum atomic E-state index is 5.56. The van der Waals surface area contributed by atoms with Gasteiger partial charge in [-0.05, 0) is 11.8 Å². The Balaban J connectivity index is 2.06. The molecule has 0 radical (unpaired) electrons. The molecule has 0 amide bonds. The minimum absolute atomic E-state index is 0.270. The van der Waals surface area contributed by atoms with E-state index in [1.54, 1.807) is 0 Å². The van der Waals surface area contributed by atoms with Crippen molar-refractivity contribution >= 4 is 16.5 Å². The lowest BCUT2D eigenvalue weighted by molar-refractivity contribution is 0.366. The molecule has 0 fully saturated rings. The summed E-state index contributed by atoms with van der Waals surface area (Å²) in [6.45, 7) is 6.57. The largest absolute Gasteiger partial charge is 0.375 e. The fourth-order valence-corrected chi connectivity index (χ4v) is 1.87. The zero-order valence-electron chi connectivity index (χ0n) is 10.2. The SMILES string of the molecule is CC(C)(C)CCc1noc(-c2csc(N)n2)n1. The Hall–Kier alpha value is -1.43. The smallest absolute Gasteiger partial charge is 0.277 e. The second-order valence-electron chi connectivity index (χ2n) is 5.15. The lowest BCUT2D eigenvalue weighted by Gasteiger charge is -2.15. The van der Waals surface area contributed by atoms with E-state index in [9.17, 15) is 0 Å². The van der Waals surface area contributed by atoms with E-state index in [-0.39, 0.29) is 5.41 Å². The van der Waals surface area contributed by atoms with E-state index in [0.29, 0.717) is 16.7 Å². The first-order valence-corrected chi connectivity index (χ1v) is 6.36. The predicted molar refractivity (Wildman–Crippen MR) is 67.6 cm³/mol. The summed E-state index contributed by atoms with van der Waals surface area (Å²) in [6.07, 6.45) is 1.83. The molecule has 5 nitrogen and oxygen atoms in total. The Morgan fingerprint density at radius 1 is 1.35 bits per heavy atom. The number of anilines is 1. The van der Waals surface area contributed by atoms with Crippen molar-refractivity contribution in [2.24, 2.45) is 5.41 Å². The van der Waals surface area contributed by atoms with Crippen LogP contribution in [0.15, 0.2) is 9.90 Å². The van der Waals surface area contributed by atoms with Crippen LogP contribution in [0.5, 0.6) is 0 Å². The zero-order chi connectivity index (χ0) is 12.5. The first kappa shape index (κ1) is 12.0. The van der Waals surface area contributed by atoms with Gasteiger partial charge in [-0.25, -0.2) is 4.98 Å². The lowest BCUT2D eigenvalue weighted by Crippen LogP contribution is -2.06. The molecule has 92 valence electrons. The van der Waals surface area contributed by atoms with Gasteiger partial charge in [0.05, 0.1) is 0 Å². The predicted octanol–water partition coefficient (Wildman–Crippen LogP) is 2.75. The fourth-order valence-electron chi connectivity index (χ4n) is 1.33. The second kappa shape index (κ2) is 4.44. The molecular weight excluding hydrogens is 236 g/mol. The topological polar surface area (TPSA) is 77.8 Å². The van der Waals surface area contributed by atoms with Gasteiger partial charge in [-0.3, -0.25) is 0 Å². The maximum Gasteiger partial charge on any atom is 0.277 e. The quantitative estimate of drug-likeness (QED) is 0.908. The summed E-state index contributed by atoms with van der Waals surface area (Å²) in [7, 11) is 0. The Bertz CT molecular complexity index is 498. The first-order chi connectivity index (χ1) is 7.94. The molecule has 2 aromatic heterocycles. The van der Waals surface area contributed by atoms with E-state index in [0.717, 1.165) is 18.7 Å². The molecule has 17 heavy (non-hydrogen) atoms. The minimum atomic E-state index is 0.270. The van der Waals surface area contributed by atoms with Crippen LogP contribution in [0.3, 0.4) is 0 Å². The van der Waals surface area contributed by atoms with E-state index in [4.69, 9.17) is 10.3 Å². The second-order valence-corrected chi connectivity index (χ2v) is 6.04. The van der Waals surface area contributed by atoms with Crippen molar-refractivity contribution in [3.8, 4) is 11.6 Å². The van der Waals surface area contributed by atoms with Gasteiger partial charge < -0.3 is 10.3 Å². The Morgan fingerprint density at radius 3 is 2.71 bits per heavy atom. The van der Waals surface area contributed by atoms with Crippen molar-refractivity contribution in [2.45, 2.75) is 33.6 Å². The molecule has 0 atom stereocenters. The van der Waals surface area contributed by atoms with Crippen LogP contribution in [-0.2, 0) is 6.42 Å². The summed E-state index contributed by atoms with van der Waals surface area (Å²) in [5.41, 5.74) is 6.48. The number of thiazole rings is 1. The summed E-state index contributed by atoms with van der Waals surface area (Å²) in [6, 6.07) is 0. The molecule has 0 aliphatic rings. The summed E-state index contributed by atoms with van der Waals surface area (Å²) in [5.74, 6) is 1.17. The highest BCUT2D eigenvalue weighted by molar-refractivity contribution is 7.13. The van der Waals surface area contributed by atoms with Crippen LogP contribution in [0.1, 0.15) is 33.0 Å². The van der Waals surface area contributed by atoms with Crippen molar-refractivity contribution in [2.75, 3.05) is 5.73 Å². The van der Waals surface area contributed by atoms with Gasteiger partial charge in [0.2, 0.25) is 0 Å². The van der Waals surface area contributed by atoms with Crippen LogP contribution >= 0.6 is 11.3 Å². The highest BCUT2D eigenvalue weighted by atomic mass is 32.1. The molecule has 0 saturated carbocycles. The number of rotatable bonds is 3. The molecule has 2 aromatic rings. The van der Waals surface area contributed by atoms with Crippen LogP contribution in [0.4, 0.5) is 5.13 Å². The van der Waals surface area contributed by atoms with Crippen molar-refractivity contribution in [1.29, 1.82) is 0 Å². The highest BCUT2D eigenvalue weighted by Crippen LogP contribution is 2.23. The molecule has 0 bridgehead atoms. The number of aromatic nitrogens is 3. The van der Waals surface area contributed by atoms with Crippen LogP contribution in [0.25, 0.3) is 11.6 Å². The third-order valence-electron chi connectivity index (χ3n) is 2.31. The first-order valence-electron chi connectivity index (χ1n) is 5.48. The Labute approximate surface area is 104 Å². The third kappa shape index (κ3) is 3.26. The van der Waals surface area contributed by atoms with Crippen LogP contribution in [0.2, 0.25) is 0 Å². The fraction of sp³-hybridized carbons (Fsp3) is 0.545. The van der Waals surface area contributed by atoms with Crippen molar-refractivity contribution < 1.29 is 4.52 Å². The minimum Gasteiger partial charge on any atom is -0.375 e. The molecule has 0 unspecified atom stereocenters. The lowest BCUT2D eigenvalue weighted by atomic mass is 9.90. The Kier molecular flexibility index (Phi) is 3.15. The van der Waals surface area contributed by atoms with Gasteiger partial charge in [-0.15, -0.1) is 11.3 Å². The third-order valence-corrected chi connectivity index (χ3v) is 2.98. The summed E-state index contributed by atoms with van der Waals surface area (Å²) >= 11 is 1.36. The van der Waals surface area contributed by atoms with E-state index in [1.807, 2.05) is 5.38 Å². The molecule has 0 saturated heterocycles. The molecule has 0 aromatic carbocycles. The van der Waals surface area contributed by atoms with E-state index in [2.05, 4.69) is 35.9 Å². The van der Waals surface area contributed by atoms with Gasteiger partial charge >= 0.3 is 0 Å². The number of hydrogen-bond acceptors (Lipinski definition) is 6. The van der Waals surface area contributed by atoms with Gasteiger partial charge in [0.1, 0.15) is 5.69 Å². The summed E-state index contributed by atoms with van der Waals surface area (Å²) in [5, 5.41) is 6.27. The van der Waals surface area contributed by atoms with Gasteiger partial charge in [-0.1, -0.05) is 25.9 Å². The molecule has 2 heterocycles. The molecule has 0 aliphatic carbocycles. The van der Waals surface area contributed by atoms with Crippen molar-refractivity contribution in [3.05, 3.63) is 11.2 Å². The normalized spacial score (nSPS) is 11.9. The van der Waals surface area contributed by atoms with Gasteiger partial charge in [0, 0.05) is 11.8 Å². The van der Waals surface area contributed by atoms with E-state index in [1.165, 1.54) is 11.3 Å². The van der Waals surface area contributed by atoms with Gasteiger partial charge in [0.15, 0.2) is 11.0 Å². The number of nitrogens with zero attached hydrogens (tertiary/aromatic N) is 3. The molecule has 2 rings (SSSR count). The number of nitrogens with two attached hydrogens (primary N) is 1. The molecule has 0 spiro atoms. The maximum absolute atomic E-state index is 5.56. The van der Waals surface area contributed by atoms with Crippen molar-refractivity contribution in [1.82, 2.24) is 15.1 Å². The van der Waals surface area contributed by atoms with Crippen molar-refractivity contribution in [3.63, 3.8) is 0 Å². The highest BCUT2D eigenvalue weighted by Gasteiger charge is 2.15. The molecule has 0 aliphatic heterocycles. The molecular formula is C11H16N4OS. The molecule has 6 heteroatoms. The van der Waals surface area contributed by atoms with Crippen LogP contribution in [-0.4, -0.2) is 15.1 Å². The molecule has 2 N–H and O–H groups in total. The summed E-state index contributed by atoms with van der Waals surface area (Å²) in [4.78, 5) is 8.41.